The predicted octanol–water partition coefficient (Wildman–Crippen LogP) is 1.65. The molecular formula is C14H31N3. The van der Waals surface area contributed by atoms with Gasteiger partial charge in [-0.15, -0.1) is 0 Å². The zero-order valence-electron chi connectivity index (χ0n) is 12.2. The average Bonchev–Trinajstić information content (AvgIpc) is 3.09. The van der Waals surface area contributed by atoms with Gasteiger partial charge in [0.1, 0.15) is 0 Å². The molecule has 0 aromatic rings. The maximum atomic E-state index is 3.67. The third kappa shape index (κ3) is 7.02. The molecule has 1 aliphatic carbocycles. The molecule has 1 unspecified atom stereocenters. The van der Waals surface area contributed by atoms with Crippen LogP contribution in [0, 0.1) is 5.92 Å². The van der Waals surface area contributed by atoms with Crippen molar-refractivity contribution < 1.29 is 0 Å². The number of rotatable bonds is 10. The van der Waals surface area contributed by atoms with E-state index in [9.17, 15) is 0 Å². The number of hydrogen-bond donors (Lipinski definition) is 1. The van der Waals surface area contributed by atoms with Gasteiger partial charge in [0.15, 0.2) is 0 Å². The van der Waals surface area contributed by atoms with Crippen LogP contribution in [0.1, 0.15) is 33.1 Å². The molecule has 1 N–H and O–H groups in total. The second-order valence-electron chi connectivity index (χ2n) is 5.73. The van der Waals surface area contributed by atoms with Gasteiger partial charge < -0.3 is 15.1 Å². The first-order valence-corrected chi connectivity index (χ1v) is 7.24. The van der Waals surface area contributed by atoms with E-state index in [0.29, 0.717) is 0 Å². The monoisotopic (exact) mass is 241 g/mol. The van der Waals surface area contributed by atoms with E-state index in [0.717, 1.165) is 25.0 Å². The molecule has 102 valence electrons. The summed E-state index contributed by atoms with van der Waals surface area (Å²) in [4.78, 5) is 4.84. The van der Waals surface area contributed by atoms with Gasteiger partial charge in [-0.25, -0.2) is 0 Å². The molecule has 0 bridgehead atoms. The summed E-state index contributed by atoms with van der Waals surface area (Å²) >= 11 is 0. The van der Waals surface area contributed by atoms with Crippen LogP contribution >= 0.6 is 0 Å². The van der Waals surface area contributed by atoms with Crippen LogP contribution in [0.3, 0.4) is 0 Å². The minimum Gasteiger partial charge on any atom is -0.313 e. The molecule has 1 aliphatic rings. The Kier molecular flexibility index (Phi) is 7.09. The molecule has 0 heterocycles. The van der Waals surface area contributed by atoms with Crippen LogP contribution < -0.4 is 5.32 Å². The maximum Gasteiger partial charge on any atom is 0.0110 e. The second kappa shape index (κ2) is 8.06. The predicted molar refractivity (Wildman–Crippen MR) is 75.5 cm³/mol. The maximum absolute atomic E-state index is 3.67. The highest BCUT2D eigenvalue weighted by Crippen LogP contribution is 2.32. The van der Waals surface area contributed by atoms with Crippen LogP contribution in [-0.4, -0.2) is 62.7 Å². The van der Waals surface area contributed by atoms with Gasteiger partial charge >= 0.3 is 0 Å². The van der Waals surface area contributed by atoms with Gasteiger partial charge in [0, 0.05) is 32.2 Å². The van der Waals surface area contributed by atoms with Crippen molar-refractivity contribution in [2.75, 3.05) is 46.8 Å². The van der Waals surface area contributed by atoms with Crippen molar-refractivity contribution in [3.63, 3.8) is 0 Å². The quantitative estimate of drug-likeness (QED) is 0.627. The lowest BCUT2D eigenvalue weighted by molar-refractivity contribution is 0.238. The largest absolute Gasteiger partial charge is 0.313 e. The second-order valence-corrected chi connectivity index (χ2v) is 5.73. The Balaban J connectivity index is 2.09. The molecule has 0 saturated heterocycles. The molecule has 0 spiro atoms. The lowest BCUT2D eigenvalue weighted by atomic mass is 10.2. The Morgan fingerprint density at radius 3 is 2.35 bits per heavy atom. The van der Waals surface area contributed by atoms with E-state index in [1.807, 2.05) is 0 Å². The Morgan fingerprint density at radius 1 is 1.12 bits per heavy atom. The van der Waals surface area contributed by atoms with Crippen LogP contribution in [0.15, 0.2) is 0 Å². The Labute approximate surface area is 108 Å². The summed E-state index contributed by atoms with van der Waals surface area (Å²) in [6, 6.07) is 0.729. The van der Waals surface area contributed by atoms with E-state index < -0.39 is 0 Å². The van der Waals surface area contributed by atoms with Crippen molar-refractivity contribution in [3.8, 4) is 0 Å². The highest BCUT2D eigenvalue weighted by atomic mass is 15.2. The first-order chi connectivity index (χ1) is 8.13. The minimum atomic E-state index is 0.729. The summed E-state index contributed by atoms with van der Waals surface area (Å²) in [7, 11) is 4.30. The van der Waals surface area contributed by atoms with Gasteiger partial charge in [-0.1, -0.05) is 6.92 Å². The number of nitrogens with zero attached hydrogens (tertiary/aromatic N) is 2. The molecule has 3 nitrogen and oxygen atoms in total. The summed E-state index contributed by atoms with van der Waals surface area (Å²) in [5, 5.41) is 3.67. The number of hydrogen-bond acceptors (Lipinski definition) is 3. The number of likely N-dealkylation sites (N-methyl/N-ethyl adjacent to an activating group) is 1. The van der Waals surface area contributed by atoms with Gasteiger partial charge in [0.25, 0.3) is 0 Å². The summed E-state index contributed by atoms with van der Waals surface area (Å²) in [6.45, 7) is 10.5. The molecule has 1 fully saturated rings. The van der Waals surface area contributed by atoms with E-state index in [4.69, 9.17) is 0 Å². The highest BCUT2D eigenvalue weighted by Gasteiger charge is 2.27. The van der Waals surface area contributed by atoms with Crippen LogP contribution in [0.4, 0.5) is 0 Å². The SMILES string of the molecule is CCCN(CCNC(C)C1CC1)CCN(C)C. The van der Waals surface area contributed by atoms with Gasteiger partial charge in [-0.05, 0) is 52.7 Å². The Morgan fingerprint density at radius 2 is 1.82 bits per heavy atom. The van der Waals surface area contributed by atoms with Gasteiger partial charge in [0.2, 0.25) is 0 Å². The fourth-order valence-electron chi connectivity index (χ4n) is 2.21. The van der Waals surface area contributed by atoms with Crippen molar-refractivity contribution in [2.24, 2.45) is 5.92 Å². The van der Waals surface area contributed by atoms with E-state index in [2.05, 4.69) is 43.1 Å². The van der Waals surface area contributed by atoms with Gasteiger partial charge in [-0.3, -0.25) is 0 Å². The lowest BCUT2D eigenvalue weighted by Crippen LogP contribution is -2.39. The minimum absolute atomic E-state index is 0.729. The lowest BCUT2D eigenvalue weighted by Gasteiger charge is -2.24. The smallest absolute Gasteiger partial charge is 0.0110 e. The van der Waals surface area contributed by atoms with E-state index >= 15 is 0 Å². The molecule has 0 amide bonds. The average molecular weight is 241 g/mol. The molecule has 1 rings (SSSR count). The molecular weight excluding hydrogens is 210 g/mol. The molecule has 0 radical (unpaired) electrons. The number of nitrogens with one attached hydrogen (secondary N) is 1. The van der Waals surface area contributed by atoms with Gasteiger partial charge in [-0.2, -0.15) is 0 Å². The van der Waals surface area contributed by atoms with E-state index in [1.54, 1.807) is 0 Å². The van der Waals surface area contributed by atoms with Crippen LogP contribution in [0.25, 0.3) is 0 Å². The van der Waals surface area contributed by atoms with Gasteiger partial charge in [0.05, 0.1) is 0 Å². The molecule has 0 aromatic heterocycles. The van der Waals surface area contributed by atoms with Crippen molar-refractivity contribution in [1.29, 1.82) is 0 Å². The molecule has 17 heavy (non-hydrogen) atoms. The first-order valence-electron chi connectivity index (χ1n) is 7.24. The van der Waals surface area contributed by atoms with E-state index in [-0.39, 0.29) is 0 Å². The molecule has 3 heteroatoms. The Bertz CT molecular complexity index is 190. The van der Waals surface area contributed by atoms with Crippen LogP contribution in [0.2, 0.25) is 0 Å². The zero-order chi connectivity index (χ0) is 12.7. The zero-order valence-corrected chi connectivity index (χ0v) is 12.2. The van der Waals surface area contributed by atoms with Crippen molar-refractivity contribution >= 4 is 0 Å². The van der Waals surface area contributed by atoms with Crippen molar-refractivity contribution in [2.45, 2.75) is 39.2 Å². The first kappa shape index (κ1) is 14.9. The summed E-state index contributed by atoms with van der Waals surface area (Å²) < 4.78 is 0. The normalized spacial score (nSPS) is 18.0. The third-order valence-electron chi connectivity index (χ3n) is 3.63. The fraction of sp³-hybridized carbons (Fsp3) is 1.00. The molecule has 1 atom stereocenters. The standard InChI is InChI=1S/C14H31N3/c1-5-9-17(12-11-16(3)4)10-8-15-13(2)14-6-7-14/h13-15H,5-12H2,1-4H3. The summed E-state index contributed by atoms with van der Waals surface area (Å²) in [6.07, 6.45) is 4.13. The summed E-state index contributed by atoms with van der Waals surface area (Å²) in [5.74, 6) is 0.969. The van der Waals surface area contributed by atoms with Crippen molar-refractivity contribution in [1.82, 2.24) is 15.1 Å². The molecule has 0 aliphatic heterocycles. The van der Waals surface area contributed by atoms with Crippen molar-refractivity contribution in [3.05, 3.63) is 0 Å². The fourth-order valence-corrected chi connectivity index (χ4v) is 2.21. The highest BCUT2D eigenvalue weighted by molar-refractivity contribution is 4.83. The molecule has 1 saturated carbocycles. The molecule has 0 aromatic carbocycles. The summed E-state index contributed by atoms with van der Waals surface area (Å²) in [5.41, 5.74) is 0. The topological polar surface area (TPSA) is 18.5 Å². The van der Waals surface area contributed by atoms with Crippen LogP contribution in [0.5, 0.6) is 0 Å². The third-order valence-corrected chi connectivity index (χ3v) is 3.63. The van der Waals surface area contributed by atoms with Crippen LogP contribution in [-0.2, 0) is 0 Å². The van der Waals surface area contributed by atoms with E-state index in [1.165, 1.54) is 38.9 Å². The Hall–Kier alpha value is -0.120.